The summed E-state index contributed by atoms with van der Waals surface area (Å²) in [5.74, 6) is 0.798. The monoisotopic (exact) mass is 575 g/mol. The van der Waals surface area contributed by atoms with Gasteiger partial charge in [0, 0.05) is 37.3 Å². The van der Waals surface area contributed by atoms with Crippen molar-refractivity contribution in [2.45, 2.75) is 25.8 Å². The summed E-state index contributed by atoms with van der Waals surface area (Å²) in [4.78, 5) is 20.6. The number of carbonyl (C=O) groups excluding carboxylic acids is 1. The van der Waals surface area contributed by atoms with Crippen LogP contribution in [0.25, 0.3) is 0 Å². The van der Waals surface area contributed by atoms with Gasteiger partial charge in [0.1, 0.15) is 5.75 Å². The smallest absolute Gasteiger partial charge is 0.225 e. The maximum atomic E-state index is 14.5. The van der Waals surface area contributed by atoms with E-state index in [1.165, 1.54) is 12.3 Å². The molecule has 1 atom stereocenters. The van der Waals surface area contributed by atoms with E-state index in [1.54, 1.807) is 30.5 Å². The lowest BCUT2D eigenvalue weighted by Crippen LogP contribution is -2.40. The maximum Gasteiger partial charge on any atom is 0.225 e. The van der Waals surface area contributed by atoms with Crippen LogP contribution in [-0.4, -0.2) is 29.9 Å². The summed E-state index contributed by atoms with van der Waals surface area (Å²) in [6.45, 7) is 3.51. The Hall–Kier alpha value is -3.21. The standard InChI is InChI=1S/C25H26FN5O2.HI/c1-2-28-25(30-15-18-13-24(32)31-22-8-4-3-7-20(18)22)29-14-17-9-10-23(21(26)12-17)33-19-6-5-11-27-16-19;/h3-12,16,18H,2,13-15H2,1H3,(H,31,32)(H2,28,29,30);1H. The molecule has 7 nitrogen and oxygen atoms in total. The molecule has 4 rings (SSSR count). The molecule has 0 aliphatic carbocycles. The number of nitrogens with one attached hydrogen (secondary N) is 3. The van der Waals surface area contributed by atoms with Crippen LogP contribution in [0.15, 0.2) is 72.0 Å². The SMILES string of the molecule is CCNC(=NCc1ccc(Oc2cccnc2)c(F)c1)NCC1CC(=O)Nc2ccccc21.I. The van der Waals surface area contributed by atoms with E-state index >= 15 is 0 Å². The number of benzene rings is 2. The van der Waals surface area contributed by atoms with E-state index in [1.807, 2.05) is 31.2 Å². The first-order chi connectivity index (χ1) is 16.1. The summed E-state index contributed by atoms with van der Waals surface area (Å²) >= 11 is 0. The minimum Gasteiger partial charge on any atom is -0.453 e. The number of guanidine groups is 1. The van der Waals surface area contributed by atoms with Crippen molar-refractivity contribution in [3.8, 4) is 11.5 Å². The van der Waals surface area contributed by atoms with E-state index in [4.69, 9.17) is 4.74 Å². The van der Waals surface area contributed by atoms with E-state index in [2.05, 4.69) is 25.9 Å². The van der Waals surface area contributed by atoms with Crippen LogP contribution in [0.5, 0.6) is 11.5 Å². The van der Waals surface area contributed by atoms with Gasteiger partial charge in [-0.05, 0) is 48.4 Å². The molecule has 0 saturated carbocycles. The average molecular weight is 575 g/mol. The second-order valence-corrected chi connectivity index (χ2v) is 7.67. The largest absolute Gasteiger partial charge is 0.453 e. The molecule has 3 N–H and O–H groups in total. The van der Waals surface area contributed by atoms with E-state index in [-0.39, 0.29) is 41.6 Å². The van der Waals surface area contributed by atoms with Crippen molar-refractivity contribution in [3.63, 3.8) is 0 Å². The van der Waals surface area contributed by atoms with Gasteiger partial charge in [-0.1, -0.05) is 24.3 Å². The van der Waals surface area contributed by atoms with Gasteiger partial charge in [0.15, 0.2) is 17.5 Å². The molecule has 0 bridgehead atoms. The van der Waals surface area contributed by atoms with Gasteiger partial charge in [0.05, 0.1) is 12.7 Å². The zero-order valence-electron chi connectivity index (χ0n) is 18.8. The number of halogens is 2. The molecule has 178 valence electrons. The number of ether oxygens (including phenoxy) is 1. The second-order valence-electron chi connectivity index (χ2n) is 7.67. The number of para-hydroxylation sites is 1. The summed E-state index contributed by atoms with van der Waals surface area (Å²) in [6, 6.07) is 16.1. The van der Waals surface area contributed by atoms with Crippen LogP contribution in [0.1, 0.15) is 30.4 Å². The highest BCUT2D eigenvalue weighted by Crippen LogP contribution is 2.31. The Labute approximate surface area is 215 Å². The Balaban J connectivity index is 0.00000324. The van der Waals surface area contributed by atoms with E-state index in [0.717, 1.165) is 11.3 Å². The summed E-state index contributed by atoms with van der Waals surface area (Å²) < 4.78 is 20.1. The van der Waals surface area contributed by atoms with Crippen molar-refractivity contribution in [1.29, 1.82) is 0 Å². The van der Waals surface area contributed by atoms with Crippen LogP contribution in [0.2, 0.25) is 0 Å². The van der Waals surface area contributed by atoms with Crippen molar-refractivity contribution < 1.29 is 13.9 Å². The van der Waals surface area contributed by atoms with Gasteiger partial charge in [0.2, 0.25) is 5.91 Å². The van der Waals surface area contributed by atoms with Gasteiger partial charge < -0.3 is 20.7 Å². The lowest BCUT2D eigenvalue weighted by molar-refractivity contribution is -0.116. The van der Waals surface area contributed by atoms with Crippen LogP contribution in [0, 0.1) is 5.82 Å². The summed E-state index contributed by atoms with van der Waals surface area (Å²) in [7, 11) is 0. The molecule has 0 saturated heterocycles. The number of amides is 1. The molecule has 3 aromatic rings. The van der Waals surface area contributed by atoms with Crippen molar-refractivity contribution in [2.75, 3.05) is 18.4 Å². The molecule has 2 heterocycles. The number of aliphatic imine (C=N–C) groups is 1. The maximum absolute atomic E-state index is 14.5. The zero-order chi connectivity index (χ0) is 23.0. The first kappa shape index (κ1) is 25.4. The number of pyridine rings is 1. The van der Waals surface area contributed by atoms with Crippen molar-refractivity contribution in [1.82, 2.24) is 15.6 Å². The molecule has 1 aliphatic rings. The summed E-state index contributed by atoms with van der Waals surface area (Å²) in [5, 5.41) is 9.43. The number of aromatic nitrogens is 1. The predicted octanol–water partition coefficient (Wildman–Crippen LogP) is 4.81. The van der Waals surface area contributed by atoms with Crippen molar-refractivity contribution in [3.05, 3.63) is 83.9 Å². The highest BCUT2D eigenvalue weighted by molar-refractivity contribution is 14.0. The van der Waals surface area contributed by atoms with Gasteiger partial charge >= 0.3 is 0 Å². The zero-order valence-corrected chi connectivity index (χ0v) is 21.1. The Bertz CT molecular complexity index is 1140. The molecule has 9 heteroatoms. The van der Waals surface area contributed by atoms with Crippen molar-refractivity contribution >= 4 is 41.5 Å². The Morgan fingerprint density at radius 3 is 2.82 bits per heavy atom. The van der Waals surface area contributed by atoms with Gasteiger partial charge in [0.25, 0.3) is 0 Å². The minimum atomic E-state index is -0.464. The average Bonchev–Trinajstić information content (AvgIpc) is 2.83. The molecular formula is C25H27FIN5O2. The normalized spacial score (nSPS) is 14.9. The van der Waals surface area contributed by atoms with Crippen LogP contribution < -0.4 is 20.7 Å². The molecule has 34 heavy (non-hydrogen) atoms. The second kappa shape index (κ2) is 12.3. The number of anilines is 1. The van der Waals surface area contributed by atoms with E-state index < -0.39 is 5.82 Å². The molecular weight excluding hydrogens is 548 g/mol. The van der Waals surface area contributed by atoms with Gasteiger partial charge in [-0.15, -0.1) is 24.0 Å². The molecule has 1 amide bonds. The Kier molecular flexibility index (Phi) is 9.20. The number of fused-ring (bicyclic) bond motifs is 1. The summed E-state index contributed by atoms with van der Waals surface area (Å²) in [5.41, 5.74) is 2.67. The lowest BCUT2D eigenvalue weighted by atomic mass is 9.90. The third-order valence-corrected chi connectivity index (χ3v) is 5.24. The fourth-order valence-corrected chi connectivity index (χ4v) is 3.68. The van der Waals surface area contributed by atoms with Gasteiger partial charge in [-0.25, -0.2) is 9.38 Å². The molecule has 2 aromatic carbocycles. The third kappa shape index (κ3) is 6.66. The van der Waals surface area contributed by atoms with E-state index in [0.29, 0.717) is 43.3 Å². The highest BCUT2D eigenvalue weighted by atomic mass is 127. The molecule has 1 aromatic heterocycles. The van der Waals surface area contributed by atoms with E-state index in [9.17, 15) is 9.18 Å². The fraction of sp³-hybridized carbons (Fsp3) is 0.240. The fourth-order valence-electron chi connectivity index (χ4n) is 3.68. The molecule has 0 radical (unpaired) electrons. The van der Waals surface area contributed by atoms with Gasteiger partial charge in [-0.3, -0.25) is 9.78 Å². The topological polar surface area (TPSA) is 87.6 Å². The van der Waals surface area contributed by atoms with Gasteiger partial charge in [-0.2, -0.15) is 0 Å². The predicted molar refractivity (Wildman–Crippen MR) is 141 cm³/mol. The van der Waals surface area contributed by atoms with Crippen LogP contribution in [0.3, 0.4) is 0 Å². The number of carbonyl (C=O) groups is 1. The van der Waals surface area contributed by atoms with Crippen LogP contribution >= 0.6 is 24.0 Å². The summed E-state index contributed by atoms with van der Waals surface area (Å²) in [6.07, 6.45) is 3.56. The number of hydrogen-bond acceptors (Lipinski definition) is 4. The molecule has 1 aliphatic heterocycles. The number of hydrogen-bond donors (Lipinski definition) is 3. The molecule has 1 unspecified atom stereocenters. The van der Waals surface area contributed by atoms with Crippen molar-refractivity contribution in [2.24, 2.45) is 4.99 Å². The Morgan fingerprint density at radius 1 is 1.21 bits per heavy atom. The quantitative estimate of drug-likeness (QED) is 0.214. The van der Waals surface area contributed by atoms with Crippen LogP contribution in [0.4, 0.5) is 10.1 Å². The first-order valence-corrected chi connectivity index (χ1v) is 10.9. The molecule has 0 spiro atoms. The Morgan fingerprint density at radius 2 is 2.06 bits per heavy atom. The first-order valence-electron chi connectivity index (χ1n) is 10.9. The molecule has 0 fully saturated rings. The minimum absolute atomic E-state index is 0. The van der Waals surface area contributed by atoms with Crippen LogP contribution in [-0.2, 0) is 11.3 Å². The third-order valence-electron chi connectivity index (χ3n) is 5.24. The number of nitrogens with zero attached hydrogens (tertiary/aromatic N) is 2. The lowest BCUT2D eigenvalue weighted by Gasteiger charge is -2.26. The number of rotatable bonds is 7. The highest BCUT2D eigenvalue weighted by Gasteiger charge is 2.24.